The zero-order valence-corrected chi connectivity index (χ0v) is 22.6. The number of halogens is 2. The van der Waals surface area contributed by atoms with Gasteiger partial charge in [-0.3, -0.25) is 4.98 Å². The molecule has 1 atom stereocenters. The number of rotatable bonds is 11. The second-order valence-corrected chi connectivity index (χ2v) is 12.2. The molecule has 2 heterocycles. The lowest BCUT2D eigenvalue weighted by Gasteiger charge is -2.41. The average Bonchev–Trinajstić information content (AvgIpc) is 2.90. The molecule has 2 aromatic rings. The third kappa shape index (κ3) is 7.03. The maximum atomic E-state index is 15.6. The van der Waals surface area contributed by atoms with Crippen molar-refractivity contribution in [1.82, 2.24) is 9.88 Å². The van der Waals surface area contributed by atoms with E-state index >= 15 is 4.39 Å². The number of thioether (sulfide) groups is 1. The van der Waals surface area contributed by atoms with Crippen molar-refractivity contribution < 1.29 is 14.2 Å². The summed E-state index contributed by atoms with van der Waals surface area (Å²) in [6.45, 7) is 3.22. The summed E-state index contributed by atoms with van der Waals surface area (Å²) in [6, 6.07) is 5.46. The van der Waals surface area contributed by atoms with Gasteiger partial charge in [-0.25, -0.2) is 4.39 Å². The van der Waals surface area contributed by atoms with E-state index in [-0.39, 0.29) is 12.0 Å². The van der Waals surface area contributed by atoms with Crippen LogP contribution in [0.25, 0.3) is 10.9 Å². The number of hydrogen-bond acceptors (Lipinski definition) is 5. The van der Waals surface area contributed by atoms with Gasteiger partial charge in [0.2, 0.25) is 0 Å². The Balaban J connectivity index is 1.28. The lowest BCUT2D eigenvalue weighted by molar-refractivity contribution is 0.0304. The predicted octanol–water partition coefficient (Wildman–Crippen LogP) is 7.22. The van der Waals surface area contributed by atoms with Gasteiger partial charge in [0.15, 0.2) is 0 Å². The van der Waals surface area contributed by atoms with Gasteiger partial charge in [0.1, 0.15) is 11.9 Å². The van der Waals surface area contributed by atoms with Crippen LogP contribution < -0.4 is 4.74 Å². The van der Waals surface area contributed by atoms with Gasteiger partial charge in [0, 0.05) is 29.0 Å². The number of ether oxygens (including phenoxy) is 1. The lowest BCUT2D eigenvalue weighted by atomic mass is 9.74. The van der Waals surface area contributed by atoms with Crippen molar-refractivity contribution in [1.29, 1.82) is 0 Å². The van der Waals surface area contributed by atoms with E-state index in [0.717, 1.165) is 37.7 Å². The Morgan fingerprint density at radius 1 is 1.26 bits per heavy atom. The van der Waals surface area contributed by atoms with Crippen LogP contribution in [0.1, 0.15) is 75.9 Å². The van der Waals surface area contributed by atoms with Crippen molar-refractivity contribution in [2.45, 2.75) is 75.6 Å². The van der Waals surface area contributed by atoms with E-state index in [1.54, 1.807) is 7.11 Å². The summed E-state index contributed by atoms with van der Waals surface area (Å²) in [6.07, 6.45) is 11.4. The van der Waals surface area contributed by atoms with Gasteiger partial charge in [-0.05, 0) is 93.9 Å². The molecule has 7 heteroatoms. The molecule has 1 aliphatic heterocycles. The number of likely N-dealkylation sites (tertiary alicyclic amines) is 1. The lowest BCUT2D eigenvalue weighted by Crippen LogP contribution is -2.42. The number of aliphatic hydroxyl groups is 1. The molecule has 1 saturated heterocycles. The highest BCUT2D eigenvalue weighted by Gasteiger charge is 2.35. The highest BCUT2D eigenvalue weighted by Crippen LogP contribution is 2.42. The quantitative estimate of drug-likeness (QED) is 0.316. The Hall–Kier alpha value is -1.08. The molecule has 2 fully saturated rings. The number of alkyl halides is 1. The van der Waals surface area contributed by atoms with Crippen molar-refractivity contribution in [3.05, 3.63) is 35.0 Å². The van der Waals surface area contributed by atoms with Crippen LogP contribution in [0, 0.1) is 5.41 Å². The van der Waals surface area contributed by atoms with Gasteiger partial charge in [0.05, 0.1) is 17.6 Å². The highest BCUT2D eigenvalue weighted by atomic mass is 35.5. The predicted molar refractivity (Wildman–Crippen MR) is 146 cm³/mol. The van der Waals surface area contributed by atoms with Crippen LogP contribution in [0.3, 0.4) is 0 Å². The number of aromatic nitrogens is 1. The topological polar surface area (TPSA) is 45.6 Å². The normalized spacial score (nSPS) is 20.2. The van der Waals surface area contributed by atoms with Crippen LogP contribution in [0.5, 0.6) is 5.75 Å². The Morgan fingerprint density at radius 3 is 2.74 bits per heavy atom. The summed E-state index contributed by atoms with van der Waals surface area (Å²) >= 11 is 8.58. The summed E-state index contributed by atoms with van der Waals surface area (Å²) in [4.78, 5) is 6.87. The summed E-state index contributed by atoms with van der Waals surface area (Å²) < 4.78 is 20.9. The number of benzene rings is 1. The molecule has 4 nitrogen and oxygen atoms in total. The molecule has 4 rings (SSSR count). The zero-order chi connectivity index (χ0) is 24.7. The number of fused-ring (bicyclic) bond motifs is 1. The zero-order valence-electron chi connectivity index (χ0n) is 21.0. The van der Waals surface area contributed by atoms with Crippen LogP contribution in [-0.2, 0) is 0 Å². The molecule has 1 saturated carbocycles. The summed E-state index contributed by atoms with van der Waals surface area (Å²) in [5.74, 6) is 1.91. The Labute approximate surface area is 219 Å². The van der Waals surface area contributed by atoms with Gasteiger partial charge in [-0.2, -0.15) is 11.8 Å². The van der Waals surface area contributed by atoms with Gasteiger partial charge in [0.25, 0.3) is 0 Å². The molecule has 0 bridgehead atoms. The van der Waals surface area contributed by atoms with Crippen LogP contribution in [0.2, 0.25) is 5.02 Å². The first-order chi connectivity index (χ1) is 17.0. The average molecular weight is 523 g/mol. The number of hydrogen-bond donors (Lipinski definition) is 1. The molecule has 1 aliphatic carbocycles. The third-order valence-electron chi connectivity index (χ3n) is 8.09. The molecule has 1 N–H and O–H groups in total. The van der Waals surface area contributed by atoms with E-state index in [4.69, 9.17) is 16.3 Å². The summed E-state index contributed by atoms with van der Waals surface area (Å²) in [7, 11) is 1.60. The molecule has 2 aliphatic rings. The second-order valence-electron chi connectivity index (χ2n) is 10.4. The minimum atomic E-state index is -1.21. The van der Waals surface area contributed by atoms with Crippen molar-refractivity contribution in [2.75, 3.05) is 39.1 Å². The van der Waals surface area contributed by atoms with E-state index in [2.05, 4.69) is 21.6 Å². The van der Waals surface area contributed by atoms with Gasteiger partial charge in [-0.15, -0.1) is 0 Å². The molecule has 194 valence electrons. The van der Waals surface area contributed by atoms with Crippen LogP contribution >= 0.6 is 23.4 Å². The molecule has 35 heavy (non-hydrogen) atoms. The van der Waals surface area contributed by atoms with E-state index in [9.17, 15) is 5.11 Å². The molecule has 1 aromatic carbocycles. The SMILES string of the molecule is COc1ccc2ncc(Cl)c([C@@H](F)CCC3(CO)CCN(CCCSC4CCCCC4)CC3)c2c1. The van der Waals surface area contributed by atoms with Crippen LogP contribution in [0.4, 0.5) is 4.39 Å². The van der Waals surface area contributed by atoms with Crippen LogP contribution in [0.15, 0.2) is 24.4 Å². The smallest absolute Gasteiger partial charge is 0.127 e. The van der Waals surface area contributed by atoms with Crippen molar-refractivity contribution >= 4 is 34.3 Å². The summed E-state index contributed by atoms with van der Waals surface area (Å²) in [5, 5.41) is 12.2. The van der Waals surface area contributed by atoms with Crippen molar-refractivity contribution in [3.8, 4) is 5.75 Å². The fourth-order valence-electron chi connectivity index (χ4n) is 5.70. The molecular formula is C28H40ClFN2O2S. The Morgan fingerprint density at radius 2 is 2.03 bits per heavy atom. The van der Waals surface area contributed by atoms with E-state index in [0.29, 0.717) is 40.1 Å². The van der Waals surface area contributed by atoms with Crippen LogP contribution in [-0.4, -0.2) is 59.3 Å². The maximum Gasteiger partial charge on any atom is 0.127 e. The van der Waals surface area contributed by atoms with E-state index < -0.39 is 6.17 Å². The second kappa shape index (κ2) is 12.9. The first-order valence-electron chi connectivity index (χ1n) is 13.2. The number of methoxy groups -OCH3 is 1. The maximum absolute atomic E-state index is 15.6. The Bertz CT molecular complexity index is 948. The molecule has 0 spiro atoms. The minimum Gasteiger partial charge on any atom is -0.497 e. The standard InChI is InChI=1S/C28H40ClFN2O2S/c1-34-21-8-9-26-23(18-21)27(24(29)19-31-26)25(30)10-11-28(20-33)12-15-32(16-13-28)14-5-17-35-22-6-3-2-4-7-22/h8-9,18-19,22,25,33H,2-7,10-17,20H2,1H3/t25-/m0/s1. The van der Waals surface area contributed by atoms with Crippen molar-refractivity contribution in [3.63, 3.8) is 0 Å². The van der Waals surface area contributed by atoms with E-state index in [1.807, 2.05) is 18.2 Å². The first kappa shape index (κ1) is 27.0. The fraction of sp³-hybridized carbons (Fsp3) is 0.679. The monoisotopic (exact) mass is 522 g/mol. The molecule has 0 radical (unpaired) electrons. The van der Waals surface area contributed by atoms with Crippen molar-refractivity contribution in [2.24, 2.45) is 5.41 Å². The minimum absolute atomic E-state index is 0.115. The number of piperidine rings is 1. The third-order valence-corrected chi connectivity index (χ3v) is 9.85. The molecule has 1 aromatic heterocycles. The largest absolute Gasteiger partial charge is 0.497 e. The van der Waals surface area contributed by atoms with E-state index in [1.165, 1.54) is 50.5 Å². The molecule has 0 unspecified atom stereocenters. The first-order valence-corrected chi connectivity index (χ1v) is 14.7. The molecular weight excluding hydrogens is 483 g/mol. The van der Waals surface area contributed by atoms with Gasteiger partial charge >= 0.3 is 0 Å². The molecule has 0 amide bonds. The Kier molecular flexibility index (Phi) is 9.97. The summed E-state index contributed by atoms with van der Waals surface area (Å²) in [5.41, 5.74) is 0.987. The van der Waals surface area contributed by atoms with Gasteiger partial charge in [-0.1, -0.05) is 30.9 Å². The number of aliphatic hydroxyl groups excluding tert-OH is 1. The number of nitrogens with zero attached hydrogens (tertiary/aromatic N) is 2. The van der Waals surface area contributed by atoms with Gasteiger partial charge < -0.3 is 14.7 Å². The number of pyridine rings is 1. The highest BCUT2D eigenvalue weighted by molar-refractivity contribution is 7.99. The fourth-order valence-corrected chi connectivity index (χ4v) is 7.26.